The molecule has 134 valence electrons. The largest absolute Gasteiger partial charge is 0.337 e. The van der Waals surface area contributed by atoms with Crippen LogP contribution in [0, 0.1) is 11.7 Å². The molecule has 1 aromatic carbocycles. The summed E-state index contributed by atoms with van der Waals surface area (Å²) < 4.78 is 2.37. The number of hydrogen-bond acceptors (Lipinski definition) is 4. The van der Waals surface area contributed by atoms with Crippen LogP contribution >= 0.6 is 23.6 Å². The van der Waals surface area contributed by atoms with Crippen molar-refractivity contribution >= 4 is 35.4 Å². The van der Waals surface area contributed by atoms with Gasteiger partial charge in [-0.3, -0.25) is 25.0 Å². The Labute approximate surface area is 159 Å². The Hall–Kier alpha value is -2.71. The molecule has 0 aliphatic carbocycles. The lowest BCUT2D eigenvalue weighted by Crippen LogP contribution is -2.41. The molecule has 0 saturated carbocycles. The van der Waals surface area contributed by atoms with Crippen molar-refractivity contribution in [3.63, 3.8) is 0 Å². The van der Waals surface area contributed by atoms with E-state index in [0.29, 0.717) is 15.2 Å². The Bertz CT molecular complexity index is 999. The molecule has 0 aliphatic heterocycles. The summed E-state index contributed by atoms with van der Waals surface area (Å²) in [6, 6.07) is 8.76. The normalized spacial score (nSPS) is 10.5. The lowest BCUT2D eigenvalue weighted by molar-refractivity contribution is 0.0849. The molecule has 0 saturated heterocycles. The highest BCUT2D eigenvalue weighted by Crippen LogP contribution is 2.22. The van der Waals surface area contributed by atoms with Gasteiger partial charge < -0.3 is 4.98 Å². The first-order chi connectivity index (χ1) is 12.5. The molecule has 0 fully saturated rings. The van der Waals surface area contributed by atoms with E-state index < -0.39 is 0 Å². The number of imidazole rings is 1. The van der Waals surface area contributed by atoms with E-state index in [9.17, 15) is 9.59 Å². The summed E-state index contributed by atoms with van der Waals surface area (Å²) >= 11 is 6.61. The van der Waals surface area contributed by atoms with Crippen LogP contribution in [0.2, 0.25) is 0 Å². The number of hydrazine groups is 1. The fourth-order valence-electron chi connectivity index (χ4n) is 2.53. The minimum absolute atomic E-state index is 0.318. The van der Waals surface area contributed by atoms with Crippen molar-refractivity contribution in [3.8, 4) is 5.69 Å². The number of aromatic nitrogens is 2. The van der Waals surface area contributed by atoms with E-state index in [1.165, 1.54) is 16.2 Å². The second-order valence-corrected chi connectivity index (χ2v) is 7.18. The molecule has 0 radical (unpaired) electrons. The second-order valence-electron chi connectivity index (χ2n) is 5.66. The molecule has 6 nitrogen and oxygen atoms in total. The number of carbonyl (C=O) groups is 2. The highest BCUT2D eigenvalue weighted by Gasteiger charge is 2.13. The van der Waals surface area contributed by atoms with Crippen molar-refractivity contribution < 1.29 is 9.59 Å². The summed E-state index contributed by atoms with van der Waals surface area (Å²) in [6.07, 6.45) is 4.44. The Balaban J connectivity index is 1.63. The van der Waals surface area contributed by atoms with Crippen LogP contribution in [0.15, 0.2) is 42.7 Å². The maximum atomic E-state index is 12.2. The molecule has 0 bridgehead atoms. The summed E-state index contributed by atoms with van der Waals surface area (Å²) in [5.74, 6) is -0.701. The van der Waals surface area contributed by atoms with Gasteiger partial charge in [-0.05, 0) is 61.5 Å². The van der Waals surface area contributed by atoms with Crippen molar-refractivity contribution in [1.29, 1.82) is 0 Å². The smallest absolute Gasteiger partial charge is 0.279 e. The van der Waals surface area contributed by atoms with Gasteiger partial charge in [0, 0.05) is 28.5 Å². The molecule has 8 heteroatoms. The van der Waals surface area contributed by atoms with Crippen molar-refractivity contribution in [3.05, 3.63) is 68.4 Å². The van der Waals surface area contributed by atoms with Crippen molar-refractivity contribution in [2.45, 2.75) is 20.3 Å². The lowest BCUT2D eigenvalue weighted by atomic mass is 10.2. The molecular weight excluding hydrogens is 368 g/mol. The number of aromatic amines is 1. The van der Waals surface area contributed by atoms with E-state index in [0.717, 1.165) is 17.7 Å². The van der Waals surface area contributed by atoms with E-state index >= 15 is 0 Å². The second kappa shape index (κ2) is 7.67. The van der Waals surface area contributed by atoms with E-state index in [-0.39, 0.29) is 11.8 Å². The summed E-state index contributed by atoms with van der Waals surface area (Å²) in [4.78, 5) is 29.1. The number of H-pyrrole nitrogens is 1. The minimum atomic E-state index is -0.383. The van der Waals surface area contributed by atoms with E-state index in [2.05, 4.69) is 15.8 Å². The third kappa shape index (κ3) is 3.76. The van der Waals surface area contributed by atoms with Gasteiger partial charge in [0.25, 0.3) is 11.8 Å². The zero-order valence-corrected chi connectivity index (χ0v) is 16.0. The van der Waals surface area contributed by atoms with Gasteiger partial charge in [0.05, 0.1) is 4.88 Å². The van der Waals surface area contributed by atoms with Gasteiger partial charge in [0.15, 0.2) is 4.77 Å². The average molecular weight is 387 g/mol. The van der Waals surface area contributed by atoms with E-state index in [1.807, 2.05) is 26.1 Å². The standard InChI is InChI=1S/C18H18N4O2S2/c1-3-14-11(2)10-15(26-14)17(24)21-20-16(23)12-4-6-13(7-5-12)22-9-8-19-18(22)25/h4-10H,3H2,1-2H3,(H,19,25)(H,20,23)(H,21,24). The Morgan fingerprint density at radius 1 is 1.19 bits per heavy atom. The van der Waals surface area contributed by atoms with Gasteiger partial charge >= 0.3 is 0 Å². The predicted octanol–water partition coefficient (Wildman–Crippen LogP) is 3.54. The fourth-order valence-corrected chi connectivity index (χ4v) is 3.77. The molecule has 26 heavy (non-hydrogen) atoms. The van der Waals surface area contributed by atoms with Gasteiger partial charge in [0.2, 0.25) is 0 Å². The Morgan fingerprint density at radius 3 is 2.46 bits per heavy atom. The number of carbonyl (C=O) groups excluding carboxylic acids is 2. The molecule has 2 aromatic heterocycles. The van der Waals surface area contributed by atoms with E-state index in [1.54, 1.807) is 35.0 Å². The van der Waals surface area contributed by atoms with Gasteiger partial charge in [-0.1, -0.05) is 6.92 Å². The SMILES string of the molecule is CCc1sc(C(=O)NNC(=O)c2ccc(-n3cc[nH]c3=S)cc2)cc1C. The molecule has 2 heterocycles. The Kier molecular flexibility index (Phi) is 5.34. The molecule has 3 N–H and O–H groups in total. The molecule has 3 rings (SSSR count). The number of nitrogens with zero attached hydrogens (tertiary/aromatic N) is 1. The van der Waals surface area contributed by atoms with Crippen LogP contribution in [0.5, 0.6) is 0 Å². The third-order valence-electron chi connectivity index (χ3n) is 3.91. The topological polar surface area (TPSA) is 78.9 Å². The number of aryl methyl sites for hydroxylation is 2. The number of amides is 2. The summed E-state index contributed by atoms with van der Waals surface area (Å²) in [6.45, 7) is 4.02. The number of rotatable bonds is 4. The number of nitrogens with one attached hydrogen (secondary N) is 3. The van der Waals surface area contributed by atoms with Crippen LogP contribution in [0.1, 0.15) is 37.4 Å². The van der Waals surface area contributed by atoms with Crippen molar-refractivity contribution in [2.75, 3.05) is 0 Å². The molecule has 0 aliphatic rings. The van der Waals surface area contributed by atoms with Crippen LogP contribution in [0.4, 0.5) is 0 Å². The summed E-state index contributed by atoms with van der Waals surface area (Å²) in [5.41, 5.74) is 7.28. The van der Waals surface area contributed by atoms with Crippen LogP contribution in [0.25, 0.3) is 5.69 Å². The zero-order chi connectivity index (χ0) is 18.7. The third-order valence-corrected chi connectivity index (χ3v) is 5.61. The quantitative estimate of drug-likeness (QED) is 0.474. The monoisotopic (exact) mass is 386 g/mol. The van der Waals surface area contributed by atoms with E-state index in [4.69, 9.17) is 12.2 Å². The van der Waals surface area contributed by atoms with Gasteiger partial charge in [-0.2, -0.15) is 0 Å². The maximum Gasteiger partial charge on any atom is 0.279 e. The number of hydrogen-bond donors (Lipinski definition) is 3. The van der Waals surface area contributed by atoms with Crippen molar-refractivity contribution in [2.24, 2.45) is 0 Å². The fraction of sp³-hybridized carbons (Fsp3) is 0.167. The van der Waals surface area contributed by atoms with Crippen LogP contribution in [0.3, 0.4) is 0 Å². The first-order valence-corrected chi connectivity index (χ1v) is 9.28. The van der Waals surface area contributed by atoms with Crippen LogP contribution in [-0.4, -0.2) is 21.4 Å². The molecule has 2 amide bonds. The minimum Gasteiger partial charge on any atom is -0.337 e. The highest BCUT2D eigenvalue weighted by atomic mass is 32.1. The molecule has 0 atom stereocenters. The van der Waals surface area contributed by atoms with Gasteiger partial charge in [-0.25, -0.2) is 0 Å². The zero-order valence-electron chi connectivity index (χ0n) is 14.3. The maximum absolute atomic E-state index is 12.2. The highest BCUT2D eigenvalue weighted by molar-refractivity contribution is 7.71. The molecule has 0 spiro atoms. The molecule has 0 unspecified atom stereocenters. The predicted molar refractivity (Wildman–Crippen MR) is 104 cm³/mol. The van der Waals surface area contributed by atoms with Crippen LogP contribution in [-0.2, 0) is 6.42 Å². The molecule has 3 aromatic rings. The van der Waals surface area contributed by atoms with Gasteiger partial charge in [0.1, 0.15) is 0 Å². The molecular formula is C18H18N4O2S2. The average Bonchev–Trinajstić information content (AvgIpc) is 3.24. The first-order valence-electron chi connectivity index (χ1n) is 8.06. The van der Waals surface area contributed by atoms with Crippen molar-refractivity contribution in [1.82, 2.24) is 20.4 Å². The lowest BCUT2D eigenvalue weighted by Gasteiger charge is -2.07. The summed E-state index contributed by atoms with van der Waals surface area (Å²) in [5, 5.41) is 0. The number of benzene rings is 1. The Morgan fingerprint density at radius 2 is 1.88 bits per heavy atom. The van der Waals surface area contributed by atoms with Crippen LogP contribution < -0.4 is 10.9 Å². The number of thiophene rings is 1. The first kappa shape index (κ1) is 18.1. The van der Waals surface area contributed by atoms with Gasteiger partial charge in [-0.15, -0.1) is 11.3 Å². The summed E-state index contributed by atoms with van der Waals surface area (Å²) in [7, 11) is 0.